The monoisotopic (exact) mass is 1950 g/mol. The van der Waals surface area contributed by atoms with E-state index in [-0.39, 0.29) is 208 Å². The van der Waals surface area contributed by atoms with E-state index in [0.29, 0.717) is 52.7 Å². The third-order valence-electron chi connectivity index (χ3n) is 23.8. The number of amides is 14. The van der Waals surface area contributed by atoms with Crippen LogP contribution in [-0.2, 0) is 126 Å². The van der Waals surface area contributed by atoms with Crippen LogP contribution in [0.3, 0.4) is 0 Å². The Labute approximate surface area is 802 Å². The Morgan fingerprint density at radius 1 is 0.460 bits per heavy atom. The van der Waals surface area contributed by atoms with Gasteiger partial charge in [0, 0.05) is 168 Å². The van der Waals surface area contributed by atoms with Crippen molar-refractivity contribution in [2.24, 2.45) is 0 Å². The molecule has 4 fully saturated rings. The summed E-state index contributed by atoms with van der Waals surface area (Å²) in [6.07, 6.45) is 0.163. The number of ether oxygens (including phenoxy) is 3. The number of piperazine rings is 1. The van der Waals surface area contributed by atoms with Crippen LogP contribution < -0.4 is 58.5 Å². The molecule has 0 aliphatic carbocycles. The van der Waals surface area contributed by atoms with Crippen molar-refractivity contribution >= 4 is 124 Å². The third-order valence-corrected chi connectivity index (χ3v) is 23.8. The normalized spacial score (nSPS) is 20.9. The quantitative estimate of drug-likeness (QED) is 0.0185. The van der Waals surface area contributed by atoms with Gasteiger partial charge in [0.15, 0.2) is 0 Å². The van der Waals surface area contributed by atoms with Gasteiger partial charge < -0.3 is 123 Å². The third kappa shape index (κ3) is 39.2. The number of carbonyl (C=O) groups is 19. The van der Waals surface area contributed by atoms with Crippen molar-refractivity contribution in [2.75, 3.05) is 191 Å². The average molecular weight is 1950 g/mol. The molecule has 0 unspecified atom stereocenters. The van der Waals surface area contributed by atoms with E-state index in [9.17, 15) is 107 Å². The molecule has 8 atom stereocenters. The molecule has 0 bridgehead atoms. The average Bonchev–Trinajstić information content (AvgIpc) is 1.72. The van der Waals surface area contributed by atoms with Gasteiger partial charge in [0.2, 0.25) is 70.9 Å². The van der Waals surface area contributed by atoms with E-state index in [0.717, 1.165) is 9.80 Å². The SMILES string of the molecule is CCCOCC[C@@H]1NC(=O)[C@H](Cc2ccc(CNC(=O)COCCOCCNC(=O)CC[C@H](C(=O)O)N3CCN(CC(=O)O)CCN(CC(=O)O)CCN(CC(=O)O)CC3)cc2)NC(=O)[C@H](Cc2ccccc2)N(C)C(=O)CNC(=O)CNC(=O)[C@H]2CCCN2C(=O)[C@H](CC(=O)O)NC(=O)[C@H](CCCCNC(=O)N2CCN(CC(=O)O)CC2)NC(=O)CNC(=O)[C@H](Cc2c[nH]c3ccccc23)NC1=O. The lowest BCUT2D eigenvalue weighted by atomic mass is 10.00. The molecule has 1 aromatic heterocycles. The van der Waals surface area contributed by atoms with E-state index in [1.807, 2.05) is 6.92 Å². The van der Waals surface area contributed by atoms with Crippen LogP contribution >= 0.6 is 0 Å². The highest BCUT2D eigenvalue weighted by Gasteiger charge is 2.41. The molecule has 14 amide bonds. The molecule has 5 heterocycles. The summed E-state index contributed by atoms with van der Waals surface area (Å²) in [6.45, 7) is -0.497. The number of nitrogens with one attached hydrogen (secondary N) is 12. The number of urea groups is 1. The van der Waals surface area contributed by atoms with E-state index in [4.69, 9.17) is 14.2 Å². The lowest BCUT2D eigenvalue weighted by molar-refractivity contribution is -0.146. The second-order valence-corrected chi connectivity index (χ2v) is 34.2. The first kappa shape index (κ1) is 111. The number of benzene rings is 3. The predicted octanol–water partition coefficient (Wildman–Crippen LogP) is -4.85. The number of nitrogens with zero attached hydrogens (tertiary/aromatic N) is 8. The largest absolute Gasteiger partial charge is 0.481 e. The Hall–Kier alpha value is -13.4. The molecule has 0 saturated carbocycles. The summed E-state index contributed by atoms with van der Waals surface area (Å²) in [7, 11) is 1.29. The van der Waals surface area contributed by atoms with Crippen LogP contribution in [0.2, 0.25) is 0 Å². The van der Waals surface area contributed by atoms with Crippen molar-refractivity contribution in [1.82, 2.24) is 103 Å². The van der Waals surface area contributed by atoms with Gasteiger partial charge in [-0.2, -0.15) is 0 Å². The fraction of sp³-hybridized carbons (Fsp3) is 0.571. The number of carboxylic acid groups (broad SMARTS) is 6. The molecule has 3 aromatic carbocycles. The highest BCUT2D eigenvalue weighted by Crippen LogP contribution is 2.23. The van der Waals surface area contributed by atoms with Crippen molar-refractivity contribution in [3.05, 3.63) is 107 Å². The van der Waals surface area contributed by atoms with Crippen LogP contribution in [0.4, 0.5) is 4.79 Å². The summed E-state index contributed by atoms with van der Waals surface area (Å²) in [5.41, 5.74) is 2.70. The second kappa shape index (κ2) is 58.4. The first-order chi connectivity index (χ1) is 66.6. The summed E-state index contributed by atoms with van der Waals surface area (Å²) < 4.78 is 17.0. The number of aliphatic carboxylic acids is 6. The Morgan fingerprint density at radius 3 is 1.63 bits per heavy atom. The number of carboxylic acids is 6. The Balaban J connectivity index is 0.959. The van der Waals surface area contributed by atoms with Crippen molar-refractivity contribution in [3.63, 3.8) is 0 Å². The zero-order valence-corrected chi connectivity index (χ0v) is 78.1. The number of para-hydroxylation sites is 1. The number of aromatic amines is 1. The van der Waals surface area contributed by atoms with Crippen molar-refractivity contribution in [1.29, 1.82) is 0 Å². The van der Waals surface area contributed by atoms with Crippen LogP contribution in [0.25, 0.3) is 10.9 Å². The highest BCUT2D eigenvalue weighted by molar-refractivity contribution is 6.00. The van der Waals surface area contributed by atoms with E-state index < -0.39 is 207 Å². The van der Waals surface area contributed by atoms with E-state index >= 15 is 14.4 Å². The number of fused-ring (bicyclic) bond motifs is 2. The zero-order valence-electron chi connectivity index (χ0n) is 78.1. The lowest BCUT2D eigenvalue weighted by Crippen LogP contribution is -2.60. The first-order valence-electron chi connectivity index (χ1n) is 46.4. The molecule has 0 spiro atoms. The van der Waals surface area contributed by atoms with Crippen molar-refractivity contribution in [2.45, 2.75) is 145 Å². The summed E-state index contributed by atoms with van der Waals surface area (Å²) in [5, 5.41) is 88.2. The smallest absolute Gasteiger partial charge is 0.320 e. The van der Waals surface area contributed by atoms with Gasteiger partial charge in [0.25, 0.3) is 0 Å². The Bertz CT molecular complexity index is 4800. The van der Waals surface area contributed by atoms with Crippen LogP contribution in [0, 0.1) is 0 Å². The van der Waals surface area contributed by atoms with Gasteiger partial charge in [0.05, 0.1) is 72.1 Å². The minimum Gasteiger partial charge on any atom is -0.481 e. The number of unbranched alkanes of at least 4 members (excludes halogenated alkanes) is 1. The van der Waals surface area contributed by atoms with E-state index in [1.54, 1.807) is 110 Å². The van der Waals surface area contributed by atoms with Gasteiger partial charge >= 0.3 is 41.8 Å². The van der Waals surface area contributed by atoms with Crippen LogP contribution in [0.1, 0.15) is 93.4 Å². The Kier molecular flexibility index (Phi) is 46.6. The van der Waals surface area contributed by atoms with Gasteiger partial charge in [-0.05, 0) is 79.7 Å². The molecule has 0 radical (unpaired) electrons. The Morgan fingerprint density at radius 2 is 1.00 bits per heavy atom. The fourth-order valence-electron chi connectivity index (χ4n) is 16.2. The standard InChI is InChI=1S/C91H130N20O28/c1-3-40-137-41-24-66-85(129)101-68(47-62-50-94-64-15-8-7-14-63(62)64)83(127)97-52-75(114)99-65(16-9-10-25-93-91(136)110-38-34-108(35-39-110)57-82(125)126)84(128)103-69(48-78(117)118)89(133)111-27-11-17-70(111)87(131)98-51-74(113)96-53-77(116)104(2)72(46-59-12-5-4-6-13-59)88(132)102-67(86(130)100-66)45-60-18-20-61(21-19-60)49-95-76(115)58-139-44-43-138-42-26-92-73(112)23-22-71(90(134)135)109-36-32-106(55-80(121)122)30-28-105(54-79(119)120)29-31-107(33-37-109)56-81(123)124/h4-8,12-15,18-21,50,65-72,94H,3,9-11,16-17,22-49,51-58H2,1-2H3,(H,92,112)(H,93,136)(H,95,115)(H,96,113)(H,97,127)(H,98,131)(H,99,114)(H,100,130)(H,101,129)(H,102,132)(H,103,128)(H,117,118)(H,119,120)(H,121,122)(H,123,124)(H,125,126)(H,134,135)/t65-,66-,67-,68-,69-,70+,71+,72-/m0/s1. The van der Waals surface area contributed by atoms with Crippen LogP contribution in [0.5, 0.6) is 0 Å². The van der Waals surface area contributed by atoms with Crippen molar-refractivity contribution in [3.8, 4) is 0 Å². The first-order valence-corrected chi connectivity index (χ1v) is 46.4. The summed E-state index contributed by atoms with van der Waals surface area (Å²) in [4.78, 5) is 272. The molecule has 4 aromatic rings. The molecule has 139 heavy (non-hydrogen) atoms. The number of rotatable bonds is 41. The molecule has 48 heteroatoms. The topological polar surface area (TPSA) is 647 Å². The van der Waals surface area contributed by atoms with Gasteiger partial charge in [-0.3, -0.25) is 111 Å². The predicted molar refractivity (Wildman–Crippen MR) is 494 cm³/mol. The number of hydrogen-bond donors (Lipinski definition) is 18. The maximum atomic E-state index is 15.4. The molecule has 48 nitrogen and oxygen atoms in total. The maximum absolute atomic E-state index is 15.4. The van der Waals surface area contributed by atoms with Crippen LogP contribution in [-0.4, -0.2) is 427 Å². The number of aromatic nitrogens is 1. The molecular formula is C91H130N20O28. The molecule has 4 aliphatic rings. The minimum atomic E-state index is -1.85. The lowest BCUT2D eigenvalue weighted by Gasteiger charge is -2.35. The number of hydrogen-bond acceptors (Lipinski definition) is 27. The molecule has 762 valence electrons. The second-order valence-electron chi connectivity index (χ2n) is 34.2. The van der Waals surface area contributed by atoms with Gasteiger partial charge in [0.1, 0.15) is 54.9 Å². The van der Waals surface area contributed by atoms with Gasteiger partial charge in [-0.25, -0.2) is 4.79 Å². The molecular weight excluding hydrogens is 1820 g/mol. The number of likely N-dealkylation sites (N-methyl/N-ethyl adjacent to an activating group) is 1. The molecule has 18 N–H and O–H groups in total. The van der Waals surface area contributed by atoms with E-state index in [2.05, 4.69) is 63.5 Å². The molecule has 4 aliphatic heterocycles. The zero-order chi connectivity index (χ0) is 101. The minimum absolute atomic E-state index is 0.00253. The fourth-order valence-corrected chi connectivity index (χ4v) is 16.2. The number of carbonyl (C=O) groups excluding carboxylic acids is 13. The summed E-state index contributed by atoms with van der Waals surface area (Å²) in [5.74, 6) is -17.6. The highest BCUT2D eigenvalue weighted by atomic mass is 16.5. The van der Waals surface area contributed by atoms with Gasteiger partial charge in [-0.1, -0.05) is 79.7 Å². The summed E-state index contributed by atoms with van der Waals surface area (Å²) >= 11 is 0. The van der Waals surface area contributed by atoms with E-state index in [1.165, 1.54) is 11.9 Å². The molecule has 8 rings (SSSR count). The molecule has 4 saturated heterocycles. The number of H-pyrrole nitrogens is 1. The van der Waals surface area contributed by atoms with Crippen molar-refractivity contribution < 1.29 is 136 Å². The van der Waals surface area contributed by atoms with Gasteiger partial charge in [-0.15, -0.1) is 0 Å². The summed E-state index contributed by atoms with van der Waals surface area (Å²) in [6, 6.07) is 9.56. The van der Waals surface area contributed by atoms with Crippen LogP contribution in [0.15, 0.2) is 85.1 Å². The maximum Gasteiger partial charge on any atom is 0.320 e.